The molecule has 0 rings (SSSR count). The van der Waals surface area contributed by atoms with Gasteiger partial charge >= 0.3 is 5.97 Å². The van der Waals surface area contributed by atoms with Crippen molar-refractivity contribution in [1.29, 1.82) is 0 Å². The van der Waals surface area contributed by atoms with Crippen LogP contribution >= 0.6 is 0 Å². The molecule has 0 fully saturated rings. The molecule has 11 nitrogen and oxygen atoms in total. The molecule has 168 valence electrons. The second-order valence-corrected chi connectivity index (χ2v) is 5.07. The van der Waals surface area contributed by atoms with E-state index < -0.39 is 5.97 Å². The number of primary amides is 1. The number of ether oxygens (including phenoxy) is 3. The average Bonchev–Trinajstić information content (AvgIpc) is 2.68. The molecule has 0 bridgehead atoms. The number of carboxylic acid groups (broad SMARTS) is 1. The van der Waals surface area contributed by atoms with E-state index in [1.165, 1.54) is 7.05 Å². The lowest BCUT2D eigenvalue weighted by Crippen LogP contribution is -2.31. The molecule has 0 aromatic heterocycles. The zero-order valence-corrected chi connectivity index (χ0v) is 17.1. The van der Waals surface area contributed by atoms with Crippen LogP contribution in [0.1, 0.15) is 25.7 Å². The molecule has 0 aliphatic carbocycles. The highest BCUT2D eigenvalue weighted by Crippen LogP contribution is 1.99. The van der Waals surface area contributed by atoms with Crippen LogP contribution in [0.2, 0.25) is 0 Å². The van der Waals surface area contributed by atoms with E-state index >= 15 is 0 Å². The van der Waals surface area contributed by atoms with Crippen molar-refractivity contribution in [3.63, 3.8) is 0 Å². The fourth-order valence-corrected chi connectivity index (χ4v) is 1.63. The van der Waals surface area contributed by atoms with Crippen LogP contribution in [0.5, 0.6) is 0 Å². The molecule has 0 aromatic carbocycles. The largest absolute Gasteiger partial charge is 0.481 e. The number of aliphatic carboxylic acids is 1. The molecular formula is C17H38N4O7. The van der Waals surface area contributed by atoms with Crippen molar-refractivity contribution >= 4 is 18.3 Å². The van der Waals surface area contributed by atoms with Crippen molar-refractivity contribution in [2.24, 2.45) is 11.5 Å². The maximum absolute atomic E-state index is 11.4. The predicted molar refractivity (Wildman–Crippen MR) is 106 cm³/mol. The Balaban J connectivity index is -0.00000113. The lowest BCUT2D eigenvalue weighted by atomic mass is 10.2. The number of hydrogen-bond acceptors (Lipinski definition) is 8. The Hall–Kier alpha value is -1.79. The van der Waals surface area contributed by atoms with Crippen molar-refractivity contribution in [2.75, 3.05) is 66.8 Å². The van der Waals surface area contributed by atoms with Gasteiger partial charge in [-0.25, -0.2) is 0 Å². The van der Waals surface area contributed by atoms with Crippen molar-refractivity contribution in [1.82, 2.24) is 10.6 Å². The number of carboxylic acids is 1. The second kappa shape index (κ2) is 30.0. The first-order valence-electron chi connectivity index (χ1n) is 9.17. The Morgan fingerprint density at radius 2 is 1.50 bits per heavy atom. The molecule has 0 unspecified atom stereocenters. The summed E-state index contributed by atoms with van der Waals surface area (Å²) in [5.41, 5.74) is 8.67. The normalized spacial score (nSPS) is 9.39. The number of nitrogens with one attached hydrogen (secondary N) is 2. The van der Waals surface area contributed by atoms with Gasteiger partial charge in [-0.1, -0.05) is 6.42 Å². The summed E-state index contributed by atoms with van der Waals surface area (Å²) in [6.45, 7) is 3.75. The summed E-state index contributed by atoms with van der Waals surface area (Å²) < 4.78 is 15.8. The standard InChI is InChI=1S/C15H30N2O6.CH3NO.CH5N/c1-16-6-9-22-10-7-17-14(18)13-23-12-11-21-8-4-2-3-5-15(19)20;2-1-3;1-2/h16H,2-13H2,1H3,(H,17,18)(H,19,20);1H,(H2,2,3);2H2,1H3. The van der Waals surface area contributed by atoms with E-state index in [0.717, 1.165) is 19.4 Å². The monoisotopic (exact) mass is 410 g/mol. The van der Waals surface area contributed by atoms with Crippen LogP contribution in [0, 0.1) is 0 Å². The number of carbonyl (C=O) groups excluding carboxylic acids is 2. The van der Waals surface area contributed by atoms with Crippen molar-refractivity contribution in [2.45, 2.75) is 25.7 Å². The summed E-state index contributed by atoms with van der Waals surface area (Å²) in [5.74, 6) is -0.932. The topological polar surface area (TPSA) is 175 Å². The molecule has 0 aliphatic heterocycles. The molecule has 0 aliphatic rings. The molecular weight excluding hydrogens is 372 g/mol. The third-order valence-corrected chi connectivity index (χ3v) is 2.85. The van der Waals surface area contributed by atoms with E-state index in [-0.39, 0.29) is 25.3 Å². The molecule has 0 saturated heterocycles. The quantitative estimate of drug-likeness (QED) is 0.144. The Labute approximate surface area is 167 Å². The molecule has 0 spiro atoms. The van der Waals surface area contributed by atoms with Gasteiger partial charge in [0, 0.05) is 26.1 Å². The number of carbonyl (C=O) groups is 3. The van der Waals surface area contributed by atoms with Gasteiger partial charge in [-0.15, -0.1) is 0 Å². The summed E-state index contributed by atoms with van der Waals surface area (Å²) in [7, 11) is 3.35. The number of likely N-dealkylation sites (N-methyl/N-ethyl adjacent to an activating group) is 1. The van der Waals surface area contributed by atoms with Crippen LogP contribution in [0.15, 0.2) is 0 Å². The van der Waals surface area contributed by atoms with Crippen LogP contribution in [0.25, 0.3) is 0 Å². The molecule has 28 heavy (non-hydrogen) atoms. The lowest BCUT2D eigenvalue weighted by molar-refractivity contribution is -0.137. The lowest BCUT2D eigenvalue weighted by Gasteiger charge is -2.07. The van der Waals surface area contributed by atoms with Gasteiger partial charge < -0.3 is 41.4 Å². The minimum Gasteiger partial charge on any atom is -0.481 e. The number of nitrogens with two attached hydrogens (primary N) is 2. The van der Waals surface area contributed by atoms with Crippen LogP contribution in [-0.2, 0) is 28.6 Å². The molecule has 0 atom stereocenters. The van der Waals surface area contributed by atoms with Gasteiger partial charge in [0.25, 0.3) is 0 Å². The molecule has 0 radical (unpaired) electrons. The fourth-order valence-electron chi connectivity index (χ4n) is 1.63. The summed E-state index contributed by atoms with van der Waals surface area (Å²) in [4.78, 5) is 30.3. The highest BCUT2D eigenvalue weighted by Gasteiger charge is 2.00. The van der Waals surface area contributed by atoms with E-state index in [1.54, 1.807) is 0 Å². The van der Waals surface area contributed by atoms with Gasteiger partial charge in [-0.3, -0.25) is 14.4 Å². The SMILES string of the molecule is CN.CNCCOCCNC(=O)COCCOCCCCCC(=O)O.NC=O. The minimum atomic E-state index is -0.762. The van der Waals surface area contributed by atoms with Gasteiger partial charge in [0.1, 0.15) is 6.61 Å². The first kappa shape index (κ1) is 30.9. The third-order valence-electron chi connectivity index (χ3n) is 2.85. The fraction of sp³-hybridized carbons (Fsp3) is 0.824. The number of rotatable bonds is 17. The van der Waals surface area contributed by atoms with Crippen LogP contribution in [0.3, 0.4) is 0 Å². The average molecular weight is 411 g/mol. The molecule has 2 amide bonds. The summed E-state index contributed by atoms with van der Waals surface area (Å²) in [6, 6.07) is 0. The Morgan fingerprint density at radius 3 is 2.11 bits per heavy atom. The number of amides is 2. The van der Waals surface area contributed by atoms with Crippen molar-refractivity contribution in [3.05, 3.63) is 0 Å². The number of unbranched alkanes of at least 4 members (excludes halogenated alkanes) is 2. The maximum Gasteiger partial charge on any atom is 0.303 e. The number of hydrogen-bond donors (Lipinski definition) is 5. The first-order chi connectivity index (χ1) is 13.6. The van der Waals surface area contributed by atoms with Crippen LogP contribution in [-0.4, -0.2) is 90.2 Å². The Morgan fingerprint density at radius 1 is 0.929 bits per heavy atom. The van der Waals surface area contributed by atoms with Crippen molar-refractivity contribution < 1.29 is 33.7 Å². The first-order valence-corrected chi connectivity index (χ1v) is 9.17. The van der Waals surface area contributed by atoms with Gasteiger partial charge in [0.05, 0.1) is 26.4 Å². The highest BCUT2D eigenvalue weighted by molar-refractivity contribution is 5.77. The Bertz CT molecular complexity index is 347. The maximum atomic E-state index is 11.4. The third kappa shape index (κ3) is 35.3. The zero-order valence-electron chi connectivity index (χ0n) is 17.1. The summed E-state index contributed by atoms with van der Waals surface area (Å²) in [6.07, 6.45) is 2.81. The van der Waals surface area contributed by atoms with E-state index in [4.69, 9.17) is 24.1 Å². The smallest absolute Gasteiger partial charge is 0.303 e. The minimum absolute atomic E-state index is 0.0124. The summed E-state index contributed by atoms with van der Waals surface area (Å²) >= 11 is 0. The molecule has 11 heteroatoms. The Kier molecular flexibility index (Phi) is 33.1. The summed E-state index contributed by atoms with van der Waals surface area (Å²) in [5, 5.41) is 14.1. The van der Waals surface area contributed by atoms with Gasteiger partial charge in [-0.05, 0) is 26.9 Å². The van der Waals surface area contributed by atoms with Gasteiger partial charge in [0.2, 0.25) is 12.3 Å². The second-order valence-electron chi connectivity index (χ2n) is 5.07. The highest BCUT2D eigenvalue weighted by atomic mass is 16.5. The predicted octanol–water partition coefficient (Wildman–Crippen LogP) is -1.31. The molecule has 0 aromatic rings. The molecule has 0 heterocycles. The van der Waals surface area contributed by atoms with Crippen molar-refractivity contribution in [3.8, 4) is 0 Å². The van der Waals surface area contributed by atoms with E-state index in [2.05, 4.69) is 22.1 Å². The van der Waals surface area contributed by atoms with Gasteiger partial charge in [-0.2, -0.15) is 0 Å². The van der Waals surface area contributed by atoms with E-state index in [1.807, 2.05) is 7.05 Å². The molecule has 0 saturated carbocycles. The van der Waals surface area contributed by atoms with E-state index in [9.17, 15) is 9.59 Å². The zero-order chi connectivity index (χ0) is 21.9. The van der Waals surface area contributed by atoms with Crippen LogP contribution < -0.4 is 22.1 Å². The van der Waals surface area contributed by atoms with Gasteiger partial charge in [0.15, 0.2) is 0 Å². The molecule has 7 N–H and O–H groups in total. The van der Waals surface area contributed by atoms with E-state index in [0.29, 0.717) is 46.0 Å². The van der Waals surface area contributed by atoms with Crippen LogP contribution in [0.4, 0.5) is 0 Å².